The molecule has 2 aliphatic rings. The number of nitrogens with one attached hydrogen (secondary N) is 1. The first-order valence-corrected chi connectivity index (χ1v) is 10.6. The van der Waals surface area contributed by atoms with Gasteiger partial charge in [-0.05, 0) is 68.7 Å². The fourth-order valence-electron chi connectivity index (χ4n) is 4.43. The van der Waals surface area contributed by atoms with Gasteiger partial charge in [0.25, 0.3) is 11.6 Å². The molecule has 1 aliphatic heterocycles. The normalized spacial score (nSPS) is 18.9. The quantitative estimate of drug-likeness (QED) is 0.341. The number of benzene rings is 1. The third-order valence-corrected chi connectivity index (χ3v) is 6.24. The van der Waals surface area contributed by atoms with Gasteiger partial charge >= 0.3 is 0 Å². The van der Waals surface area contributed by atoms with Gasteiger partial charge in [-0.2, -0.15) is 0 Å². The van der Waals surface area contributed by atoms with Gasteiger partial charge in [-0.25, -0.2) is 0 Å². The van der Waals surface area contributed by atoms with Gasteiger partial charge in [0, 0.05) is 35.2 Å². The van der Waals surface area contributed by atoms with Crippen LogP contribution in [0.25, 0.3) is 11.8 Å². The van der Waals surface area contributed by atoms with Crippen LogP contribution in [0, 0.1) is 24.0 Å². The number of aromatic nitrogens is 1. The number of thiocarbonyl (C=S) groups is 1. The predicted molar refractivity (Wildman–Crippen MR) is 119 cm³/mol. The number of nitro groups is 1. The molecular formula is C22H24N4O3S. The van der Waals surface area contributed by atoms with E-state index in [-0.39, 0.29) is 17.6 Å². The van der Waals surface area contributed by atoms with Crippen LogP contribution in [0.4, 0.5) is 5.69 Å². The monoisotopic (exact) mass is 424 g/mol. The van der Waals surface area contributed by atoms with Gasteiger partial charge < -0.3 is 9.88 Å². The van der Waals surface area contributed by atoms with Crippen LogP contribution in [0.2, 0.25) is 0 Å². The number of carbonyl (C=O) groups excluding carboxylic acids is 1. The molecule has 1 aromatic carbocycles. The van der Waals surface area contributed by atoms with Crippen LogP contribution in [-0.2, 0) is 4.79 Å². The molecule has 0 radical (unpaired) electrons. The highest BCUT2D eigenvalue weighted by atomic mass is 32.1. The van der Waals surface area contributed by atoms with Crippen molar-refractivity contribution in [2.75, 3.05) is 0 Å². The molecular weight excluding hydrogens is 400 g/mol. The zero-order valence-corrected chi connectivity index (χ0v) is 17.9. The molecule has 1 N–H and O–H groups in total. The Morgan fingerprint density at radius 2 is 1.83 bits per heavy atom. The number of non-ortho nitro benzene ring substituents is 1. The van der Waals surface area contributed by atoms with Gasteiger partial charge in [0.05, 0.1) is 4.92 Å². The molecule has 0 bridgehead atoms. The number of carbonyl (C=O) groups is 1. The molecule has 156 valence electrons. The van der Waals surface area contributed by atoms with E-state index < -0.39 is 4.92 Å². The summed E-state index contributed by atoms with van der Waals surface area (Å²) in [5.74, 6) is -0.0629. The summed E-state index contributed by atoms with van der Waals surface area (Å²) < 4.78 is 2.02. The molecule has 1 saturated heterocycles. The Morgan fingerprint density at radius 3 is 2.47 bits per heavy atom. The first kappa shape index (κ1) is 20.3. The smallest absolute Gasteiger partial charge is 0.276 e. The minimum Gasteiger partial charge on any atom is -0.328 e. The molecule has 8 heteroatoms. The first-order chi connectivity index (χ1) is 14.4. The third-order valence-electron chi connectivity index (χ3n) is 5.94. The molecule has 1 aliphatic carbocycles. The van der Waals surface area contributed by atoms with E-state index in [0.717, 1.165) is 48.3 Å². The van der Waals surface area contributed by atoms with E-state index in [1.54, 1.807) is 17.0 Å². The molecule has 0 atom stereocenters. The third kappa shape index (κ3) is 3.63. The van der Waals surface area contributed by atoms with E-state index in [0.29, 0.717) is 10.8 Å². The summed E-state index contributed by atoms with van der Waals surface area (Å²) in [6, 6.07) is 8.64. The van der Waals surface area contributed by atoms with Crippen LogP contribution in [-0.4, -0.2) is 31.5 Å². The van der Waals surface area contributed by atoms with Crippen molar-refractivity contribution >= 4 is 35.0 Å². The second kappa shape index (κ2) is 8.02. The first-order valence-electron chi connectivity index (χ1n) is 10.2. The van der Waals surface area contributed by atoms with E-state index in [1.165, 1.54) is 18.6 Å². The highest BCUT2D eigenvalue weighted by Crippen LogP contribution is 2.28. The summed E-state index contributed by atoms with van der Waals surface area (Å²) in [4.78, 5) is 25.3. The Balaban J connectivity index is 1.63. The van der Waals surface area contributed by atoms with Gasteiger partial charge in [-0.3, -0.25) is 19.8 Å². The van der Waals surface area contributed by atoms with Crippen molar-refractivity contribution in [2.45, 2.75) is 52.0 Å². The summed E-state index contributed by atoms with van der Waals surface area (Å²) in [5, 5.41) is 14.5. The molecule has 0 unspecified atom stereocenters. The lowest BCUT2D eigenvalue weighted by molar-refractivity contribution is -0.384. The van der Waals surface area contributed by atoms with Crippen molar-refractivity contribution < 1.29 is 9.72 Å². The van der Waals surface area contributed by atoms with E-state index >= 15 is 0 Å². The summed E-state index contributed by atoms with van der Waals surface area (Å²) in [7, 11) is 0. The van der Waals surface area contributed by atoms with Crippen LogP contribution in [0.1, 0.15) is 49.1 Å². The van der Waals surface area contributed by atoms with Crippen LogP contribution in [0.15, 0.2) is 36.0 Å². The van der Waals surface area contributed by atoms with Crippen LogP contribution in [0.3, 0.4) is 0 Å². The zero-order valence-electron chi connectivity index (χ0n) is 17.1. The standard InChI is InChI=1S/C22H24N4O3S/c1-14-12-16(15(2)24(14)18-8-10-19(11-9-18)26(28)29)13-20-21(27)25(22(30)23-20)17-6-4-3-5-7-17/h8-13,17H,3-7H2,1-2H3,(H,23,30)/b20-13-. The lowest BCUT2D eigenvalue weighted by atomic mass is 9.94. The molecule has 7 nitrogen and oxygen atoms in total. The van der Waals surface area contributed by atoms with Crippen molar-refractivity contribution in [3.05, 3.63) is 63.1 Å². The van der Waals surface area contributed by atoms with Gasteiger partial charge in [0.2, 0.25) is 0 Å². The van der Waals surface area contributed by atoms with Gasteiger partial charge in [-0.15, -0.1) is 0 Å². The maximum atomic E-state index is 13.0. The maximum Gasteiger partial charge on any atom is 0.276 e. The predicted octanol–water partition coefficient (Wildman–Crippen LogP) is 4.39. The molecule has 4 rings (SSSR count). The van der Waals surface area contributed by atoms with Gasteiger partial charge in [0.15, 0.2) is 5.11 Å². The fourth-order valence-corrected chi connectivity index (χ4v) is 4.77. The van der Waals surface area contributed by atoms with Crippen molar-refractivity contribution in [3.63, 3.8) is 0 Å². The Hall–Kier alpha value is -3.00. The van der Waals surface area contributed by atoms with Crippen LogP contribution in [0.5, 0.6) is 0 Å². The topological polar surface area (TPSA) is 80.4 Å². The molecule has 2 aromatic rings. The van der Waals surface area contributed by atoms with Gasteiger partial charge in [0.1, 0.15) is 5.70 Å². The molecule has 1 aromatic heterocycles. The number of hydrogen-bond donors (Lipinski definition) is 1. The number of nitro benzene ring substituents is 1. The Kier molecular flexibility index (Phi) is 5.42. The van der Waals surface area contributed by atoms with Crippen molar-refractivity contribution in [2.24, 2.45) is 0 Å². The average molecular weight is 425 g/mol. The van der Waals surface area contributed by atoms with Crippen molar-refractivity contribution in [3.8, 4) is 5.69 Å². The minimum absolute atomic E-state index is 0.0561. The summed E-state index contributed by atoms with van der Waals surface area (Å²) >= 11 is 5.46. The van der Waals surface area contributed by atoms with Crippen LogP contribution < -0.4 is 5.32 Å². The number of rotatable bonds is 4. The highest BCUT2D eigenvalue weighted by molar-refractivity contribution is 7.80. The van der Waals surface area contributed by atoms with E-state index in [4.69, 9.17) is 12.2 Å². The lowest BCUT2D eigenvalue weighted by Crippen LogP contribution is -2.41. The average Bonchev–Trinajstić information content (AvgIpc) is 3.17. The number of nitrogens with zero attached hydrogens (tertiary/aromatic N) is 3. The second-order valence-electron chi connectivity index (χ2n) is 7.89. The Labute approximate surface area is 180 Å². The minimum atomic E-state index is -0.409. The molecule has 2 fully saturated rings. The number of aryl methyl sites for hydroxylation is 1. The summed E-state index contributed by atoms with van der Waals surface area (Å²) in [6.45, 7) is 3.94. The van der Waals surface area contributed by atoms with E-state index in [1.807, 2.05) is 30.6 Å². The number of hydrogen-bond acceptors (Lipinski definition) is 4. The van der Waals surface area contributed by atoms with Crippen molar-refractivity contribution in [1.29, 1.82) is 0 Å². The molecule has 1 saturated carbocycles. The highest BCUT2D eigenvalue weighted by Gasteiger charge is 2.36. The lowest BCUT2D eigenvalue weighted by Gasteiger charge is -2.29. The fraction of sp³-hybridized carbons (Fsp3) is 0.364. The van der Waals surface area contributed by atoms with Crippen molar-refractivity contribution in [1.82, 2.24) is 14.8 Å². The second-order valence-corrected chi connectivity index (χ2v) is 8.28. The number of amides is 1. The summed E-state index contributed by atoms with van der Waals surface area (Å²) in [5.41, 5.74) is 4.23. The van der Waals surface area contributed by atoms with E-state index in [2.05, 4.69) is 5.32 Å². The maximum absolute atomic E-state index is 13.0. The molecule has 30 heavy (non-hydrogen) atoms. The Morgan fingerprint density at radius 1 is 1.17 bits per heavy atom. The van der Waals surface area contributed by atoms with Crippen LogP contribution >= 0.6 is 12.2 Å². The SMILES string of the molecule is Cc1cc(/C=C2\NC(=S)N(C3CCCCC3)C2=O)c(C)n1-c1ccc([N+](=O)[O-])cc1. The zero-order chi connectivity index (χ0) is 21.4. The van der Waals surface area contributed by atoms with E-state index in [9.17, 15) is 14.9 Å². The largest absolute Gasteiger partial charge is 0.328 e. The molecule has 0 spiro atoms. The Bertz CT molecular complexity index is 1050. The molecule has 2 heterocycles. The van der Waals surface area contributed by atoms with Gasteiger partial charge in [-0.1, -0.05) is 19.3 Å². The summed E-state index contributed by atoms with van der Waals surface area (Å²) in [6.07, 6.45) is 7.32. The molecule has 1 amide bonds.